The van der Waals surface area contributed by atoms with Crippen molar-refractivity contribution in [2.24, 2.45) is 5.92 Å². The van der Waals surface area contributed by atoms with E-state index in [1.54, 1.807) is 49.4 Å². The minimum Gasteiger partial charge on any atom is -0.491 e. The fraction of sp³-hybridized carbons (Fsp3) is 0.417. The molecular weight excluding hydrogens is 408 g/mol. The summed E-state index contributed by atoms with van der Waals surface area (Å²) in [4.78, 5) is 27.2. The second kappa shape index (κ2) is 11.0. The van der Waals surface area contributed by atoms with Crippen LogP contribution in [0.5, 0.6) is 5.75 Å². The van der Waals surface area contributed by atoms with Crippen LogP contribution in [0.3, 0.4) is 0 Å². The maximum absolute atomic E-state index is 13.2. The predicted molar refractivity (Wildman–Crippen MR) is 125 cm³/mol. The van der Waals surface area contributed by atoms with E-state index < -0.39 is 0 Å². The summed E-state index contributed by atoms with van der Waals surface area (Å²) < 4.78 is 11.6. The Labute approximate surface area is 189 Å². The Morgan fingerprint density at radius 2 is 1.84 bits per heavy atom. The summed E-state index contributed by atoms with van der Waals surface area (Å²) in [6.45, 7) is 5.73. The van der Waals surface area contributed by atoms with Crippen LogP contribution < -0.4 is 20.7 Å². The third kappa shape index (κ3) is 6.21. The number of benzene rings is 2. The van der Waals surface area contributed by atoms with Gasteiger partial charge in [-0.3, -0.25) is 4.79 Å². The molecule has 1 aliphatic rings. The van der Waals surface area contributed by atoms with E-state index in [2.05, 4.69) is 22.9 Å². The lowest BCUT2D eigenvalue weighted by atomic mass is 10.0. The van der Waals surface area contributed by atoms with Gasteiger partial charge in [0.05, 0.1) is 11.7 Å². The number of carbonyl (C=O) groups is 2. The zero-order valence-electron chi connectivity index (χ0n) is 19.1. The molecule has 1 heterocycles. The Hall–Kier alpha value is -3.10. The third-order valence-corrected chi connectivity index (χ3v) is 5.52. The van der Waals surface area contributed by atoms with Crippen molar-refractivity contribution in [1.29, 1.82) is 0 Å². The largest absolute Gasteiger partial charge is 0.491 e. The van der Waals surface area contributed by atoms with Gasteiger partial charge in [-0.05, 0) is 37.1 Å². The van der Waals surface area contributed by atoms with Crippen LogP contribution in [0.4, 0.5) is 16.2 Å². The van der Waals surface area contributed by atoms with Gasteiger partial charge in [-0.1, -0.05) is 25.1 Å². The number of urea groups is 1. The van der Waals surface area contributed by atoms with E-state index in [9.17, 15) is 9.59 Å². The second-order valence-electron chi connectivity index (χ2n) is 8.21. The molecule has 0 saturated heterocycles. The van der Waals surface area contributed by atoms with E-state index >= 15 is 0 Å². The smallest absolute Gasteiger partial charge is 0.323 e. The van der Waals surface area contributed by atoms with Gasteiger partial charge in [0.2, 0.25) is 0 Å². The molecule has 3 amide bonds. The Morgan fingerprint density at radius 1 is 1.12 bits per heavy atom. The average molecular weight is 441 g/mol. The van der Waals surface area contributed by atoms with Crippen molar-refractivity contribution >= 4 is 23.3 Å². The molecular formula is C24H32N4O4. The van der Waals surface area contributed by atoms with Crippen molar-refractivity contribution in [3.63, 3.8) is 0 Å². The maximum atomic E-state index is 13.2. The van der Waals surface area contributed by atoms with Crippen molar-refractivity contribution < 1.29 is 19.1 Å². The quantitative estimate of drug-likeness (QED) is 0.680. The monoisotopic (exact) mass is 440 g/mol. The van der Waals surface area contributed by atoms with Gasteiger partial charge in [0.25, 0.3) is 5.91 Å². The number of rotatable bonds is 3. The van der Waals surface area contributed by atoms with Gasteiger partial charge in [-0.2, -0.15) is 0 Å². The van der Waals surface area contributed by atoms with E-state index in [0.717, 1.165) is 6.54 Å². The van der Waals surface area contributed by atoms with Gasteiger partial charge in [0.15, 0.2) is 0 Å². The average Bonchev–Trinajstić information content (AvgIpc) is 2.79. The summed E-state index contributed by atoms with van der Waals surface area (Å²) in [5.41, 5.74) is 1.66. The lowest BCUT2D eigenvalue weighted by Crippen LogP contribution is -2.44. The van der Waals surface area contributed by atoms with Crippen molar-refractivity contribution in [3.8, 4) is 5.75 Å². The molecule has 2 aromatic carbocycles. The van der Waals surface area contributed by atoms with Crippen LogP contribution in [-0.2, 0) is 4.74 Å². The summed E-state index contributed by atoms with van der Waals surface area (Å²) in [6.07, 6.45) is -0.0879. The molecule has 1 aliphatic heterocycles. The van der Waals surface area contributed by atoms with Gasteiger partial charge < -0.3 is 30.3 Å². The molecule has 172 valence electrons. The first-order valence-electron chi connectivity index (χ1n) is 10.8. The van der Waals surface area contributed by atoms with Gasteiger partial charge in [0, 0.05) is 50.7 Å². The van der Waals surface area contributed by atoms with Crippen LogP contribution in [0.2, 0.25) is 0 Å². The molecule has 8 heteroatoms. The number of fused-ring (bicyclic) bond motifs is 1. The van der Waals surface area contributed by atoms with E-state index in [0.29, 0.717) is 35.8 Å². The van der Waals surface area contributed by atoms with Crippen LogP contribution in [0.1, 0.15) is 24.2 Å². The summed E-state index contributed by atoms with van der Waals surface area (Å²) >= 11 is 0. The molecule has 0 bridgehead atoms. The molecule has 0 unspecified atom stereocenters. The standard InChI is InChI=1S/C24H32N4O4/c1-16-13-25-17(2)15-32-21-12-19(27-24(30)26-18-8-6-5-7-9-18)10-11-20(21)23(29)28(3)14-22(16)31-4/h5-12,16-17,22,25H,13-15H2,1-4H3,(H2,26,27,30)/t16-,17-,22+/m0/s1. The van der Waals surface area contributed by atoms with Gasteiger partial charge in [0.1, 0.15) is 12.4 Å². The number of hydrogen-bond acceptors (Lipinski definition) is 5. The molecule has 3 rings (SSSR count). The predicted octanol–water partition coefficient (Wildman–Crippen LogP) is 3.42. The van der Waals surface area contributed by atoms with E-state index in [1.165, 1.54) is 0 Å². The summed E-state index contributed by atoms with van der Waals surface area (Å²) in [6, 6.07) is 13.9. The van der Waals surface area contributed by atoms with Gasteiger partial charge in [-0.15, -0.1) is 0 Å². The van der Waals surface area contributed by atoms with Crippen LogP contribution in [0, 0.1) is 5.92 Å². The Bertz CT molecular complexity index is 921. The number of methoxy groups -OCH3 is 1. The van der Waals surface area contributed by atoms with Crippen LogP contribution in [0.15, 0.2) is 48.5 Å². The number of nitrogens with one attached hydrogen (secondary N) is 3. The van der Waals surface area contributed by atoms with Crippen LogP contribution in [-0.4, -0.2) is 62.8 Å². The zero-order chi connectivity index (χ0) is 23.1. The first-order valence-corrected chi connectivity index (χ1v) is 10.8. The van der Waals surface area contributed by atoms with E-state index in [-0.39, 0.29) is 30.0 Å². The topological polar surface area (TPSA) is 91.9 Å². The molecule has 0 fully saturated rings. The maximum Gasteiger partial charge on any atom is 0.323 e. The Balaban J connectivity index is 1.81. The van der Waals surface area contributed by atoms with E-state index in [4.69, 9.17) is 9.47 Å². The van der Waals surface area contributed by atoms with Crippen molar-refractivity contribution in [2.75, 3.05) is 44.5 Å². The molecule has 0 saturated carbocycles. The number of likely N-dealkylation sites (N-methyl/N-ethyl adjacent to an activating group) is 1. The van der Waals surface area contributed by atoms with Crippen molar-refractivity contribution in [1.82, 2.24) is 10.2 Å². The molecule has 0 radical (unpaired) electrons. The highest BCUT2D eigenvalue weighted by atomic mass is 16.5. The second-order valence-corrected chi connectivity index (χ2v) is 8.21. The minimum atomic E-state index is -0.375. The highest BCUT2D eigenvalue weighted by Crippen LogP contribution is 2.26. The number of para-hydroxylation sites is 1. The zero-order valence-corrected chi connectivity index (χ0v) is 19.1. The number of carbonyl (C=O) groups excluding carboxylic acids is 2. The lowest BCUT2D eigenvalue weighted by molar-refractivity contribution is 0.0281. The Morgan fingerprint density at radius 3 is 2.56 bits per heavy atom. The fourth-order valence-corrected chi connectivity index (χ4v) is 3.55. The molecule has 2 aromatic rings. The molecule has 3 atom stereocenters. The lowest BCUT2D eigenvalue weighted by Gasteiger charge is -2.30. The van der Waals surface area contributed by atoms with E-state index in [1.807, 2.05) is 25.1 Å². The molecule has 32 heavy (non-hydrogen) atoms. The minimum absolute atomic E-state index is 0.0769. The van der Waals surface area contributed by atoms with Gasteiger partial charge >= 0.3 is 6.03 Å². The van der Waals surface area contributed by atoms with Crippen LogP contribution >= 0.6 is 0 Å². The molecule has 8 nitrogen and oxygen atoms in total. The SMILES string of the molecule is CO[C@@H]1CN(C)C(=O)c2ccc(NC(=O)Nc3ccccc3)cc2OC[C@H](C)NC[C@@H]1C. The summed E-state index contributed by atoms with van der Waals surface area (Å²) in [5, 5.41) is 9.03. The molecule has 3 N–H and O–H groups in total. The molecule has 0 spiro atoms. The van der Waals surface area contributed by atoms with Gasteiger partial charge in [-0.25, -0.2) is 4.79 Å². The fourth-order valence-electron chi connectivity index (χ4n) is 3.55. The normalized spacial score (nSPS) is 22.1. The first-order chi connectivity index (χ1) is 15.4. The number of ether oxygens (including phenoxy) is 2. The molecule has 0 aliphatic carbocycles. The summed E-state index contributed by atoms with van der Waals surface area (Å²) in [5.74, 6) is 0.498. The number of nitrogens with zero attached hydrogens (tertiary/aromatic N) is 1. The van der Waals surface area contributed by atoms with Crippen molar-refractivity contribution in [2.45, 2.75) is 26.0 Å². The van der Waals surface area contributed by atoms with Crippen LogP contribution in [0.25, 0.3) is 0 Å². The highest BCUT2D eigenvalue weighted by Gasteiger charge is 2.25. The summed E-state index contributed by atoms with van der Waals surface area (Å²) in [7, 11) is 3.43. The first kappa shape index (κ1) is 23.6. The van der Waals surface area contributed by atoms with Crippen molar-refractivity contribution in [3.05, 3.63) is 54.1 Å². The Kier molecular flexibility index (Phi) is 8.08. The number of anilines is 2. The number of hydrogen-bond donors (Lipinski definition) is 3. The number of amides is 3. The highest BCUT2D eigenvalue weighted by molar-refractivity contribution is 6.01. The molecule has 0 aromatic heterocycles. The third-order valence-electron chi connectivity index (χ3n) is 5.52.